The first-order valence-corrected chi connectivity index (χ1v) is 5.97. The number of nitrogens with two attached hydrogens (primary N) is 1. The number of carbonyl (C=O) groups is 1. The summed E-state index contributed by atoms with van der Waals surface area (Å²) in [5, 5.41) is 13.7. The summed E-state index contributed by atoms with van der Waals surface area (Å²) in [4.78, 5) is 20.9. The molecular formula is C10H12IN3O3. The van der Waals surface area contributed by atoms with E-state index in [4.69, 9.17) is 5.73 Å². The number of nitro benzene ring substituents is 1. The summed E-state index contributed by atoms with van der Waals surface area (Å²) in [6.07, 6.45) is 0.216. The van der Waals surface area contributed by atoms with Crippen molar-refractivity contribution >= 4 is 39.9 Å². The van der Waals surface area contributed by atoms with Crippen LogP contribution in [0.1, 0.15) is 13.3 Å². The number of amides is 1. The second kappa shape index (κ2) is 5.80. The van der Waals surface area contributed by atoms with Gasteiger partial charge < -0.3 is 11.1 Å². The molecule has 0 saturated heterocycles. The molecule has 0 aliphatic rings. The molecule has 0 aliphatic carbocycles. The highest BCUT2D eigenvalue weighted by Gasteiger charge is 2.12. The van der Waals surface area contributed by atoms with Gasteiger partial charge in [-0.2, -0.15) is 0 Å². The minimum absolute atomic E-state index is 0.0682. The lowest BCUT2D eigenvalue weighted by molar-refractivity contribution is -0.385. The molecule has 0 spiro atoms. The number of nitrogens with one attached hydrogen (secondary N) is 1. The second-order valence-corrected chi connectivity index (χ2v) is 4.80. The largest absolute Gasteiger partial charge is 0.382 e. The zero-order valence-corrected chi connectivity index (χ0v) is 11.3. The third kappa shape index (κ3) is 4.17. The molecule has 6 nitrogen and oxygen atoms in total. The lowest BCUT2D eigenvalue weighted by atomic mass is 10.2. The van der Waals surface area contributed by atoms with Crippen molar-refractivity contribution in [3.63, 3.8) is 0 Å². The van der Waals surface area contributed by atoms with Gasteiger partial charge in [0.1, 0.15) is 0 Å². The third-order valence-electron chi connectivity index (χ3n) is 2.06. The first kappa shape index (κ1) is 13.7. The quantitative estimate of drug-likeness (QED) is 0.482. The van der Waals surface area contributed by atoms with E-state index in [1.807, 2.05) is 29.5 Å². The van der Waals surface area contributed by atoms with E-state index in [2.05, 4.69) is 5.32 Å². The summed E-state index contributed by atoms with van der Waals surface area (Å²) >= 11 is 1.90. The summed E-state index contributed by atoms with van der Waals surface area (Å²) < 4.78 is 0.545. The molecule has 7 heteroatoms. The van der Waals surface area contributed by atoms with Gasteiger partial charge in [-0.1, -0.05) is 0 Å². The van der Waals surface area contributed by atoms with Crippen molar-refractivity contribution in [2.75, 3.05) is 5.32 Å². The van der Waals surface area contributed by atoms with Gasteiger partial charge in [0.2, 0.25) is 5.91 Å². The molecule has 17 heavy (non-hydrogen) atoms. The molecule has 92 valence electrons. The highest BCUT2D eigenvalue weighted by molar-refractivity contribution is 14.1. The Balaban J connectivity index is 2.77. The molecule has 0 saturated carbocycles. The molecule has 0 aliphatic heterocycles. The van der Waals surface area contributed by atoms with Crippen LogP contribution in [-0.4, -0.2) is 16.9 Å². The molecule has 0 radical (unpaired) electrons. The Morgan fingerprint density at radius 2 is 2.29 bits per heavy atom. The fourth-order valence-electron chi connectivity index (χ4n) is 1.38. The van der Waals surface area contributed by atoms with Crippen LogP contribution in [0.2, 0.25) is 0 Å². The monoisotopic (exact) mass is 349 g/mol. The van der Waals surface area contributed by atoms with Crippen molar-refractivity contribution in [1.82, 2.24) is 0 Å². The standard InChI is InChI=1S/C10H12IN3O3/c1-6(4-10(12)15)13-7-2-3-9(14(16)17)8(11)5-7/h2-3,5-6,13H,4H2,1H3,(H2,12,15). The molecule has 1 aromatic rings. The van der Waals surface area contributed by atoms with Crippen molar-refractivity contribution in [2.24, 2.45) is 5.73 Å². The van der Waals surface area contributed by atoms with Gasteiger partial charge in [-0.15, -0.1) is 0 Å². The molecule has 0 aromatic heterocycles. The minimum Gasteiger partial charge on any atom is -0.382 e. The Morgan fingerprint density at radius 1 is 1.65 bits per heavy atom. The summed E-state index contributed by atoms with van der Waals surface area (Å²) in [5.74, 6) is -0.387. The lowest BCUT2D eigenvalue weighted by Gasteiger charge is -2.13. The van der Waals surface area contributed by atoms with Gasteiger partial charge in [0, 0.05) is 24.2 Å². The van der Waals surface area contributed by atoms with Gasteiger partial charge >= 0.3 is 0 Å². The maximum Gasteiger partial charge on any atom is 0.282 e. The third-order valence-corrected chi connectivity index (χ3v) is 2.93. The van der Waals surface area contributed by atoms with E-state index in [9.17, 15) is 14.9 Å². The molecule has 0 heterocycles. The zero-order valence-electron chi connectivity index (χ0n) is 9.14. The average molecular weight is 349 g/mol. The number of primary amides is 1. The molecule has 1 amide bonds. The normalized spacial score (nSPS) is 11.9. The van der Waals surface area contributed by atoms with Crippen LogP contribution in [0.4, 0.5) is 11.4 Å². The van der Waals surface area contributed by atoms with E-state index in [-0.39, 0.29) is 24.1 Å². The Bertz CT molecular complexity index is 450. The van der Waals surface area contributed by atoms with Gasteiger partial charge in [0.05, 0.1) is 8.49 Å². The van der Waals surface area contributed by atoms with Gasteiger partial charge in [0.15, 0.2) is 0 Å². The predicted molar refractivity (Wildman–Crippen MR) is 72.7 cm³/mol. The van der Waals surface area contributed by atoms with Crippen molar-refractivity contribution in [3.05, 3.63) is 31.9 Å². The first-order chi connectivity index (χ1) is 7.90. The van der Waals surface area contributed by atoms with Gasteiger partial charge in [-0.05, 0) is 41.6 Å². The number of hydrogen-bond donors (Lipinski definition) is 2. The second-order valence-electron chi connectivity index (χ2n) is 3.64. The van der Waals surface area contributed by atoms with Gasteiger partial charge in [-0.3, -0.25) is 14.9 Å². The van der Waals surface area contributed by atoms with Gasteiger partial charge in [-0.25, -0.2) is 0 Å². The number of halogens is 1. The van der Waals surface area contributed by atoms with E-state index in [1.165, 1.54) is 6.07 Å². The predicted octanol–water partition coefficient (Wildman–Crippen LogP) is 1.88. The summed E-state index contributed by atoms with van der Waals surface area (Å²) in [6, 6.07) is 4.60. The Kier molecular flexibility index (Phi) is 4.67. The minimum atomic E-state index is -0.432. The maximum absolute atomic E-state index is 10.7. The van der Waals surface area contributed by atoms with E-state index in [0.29, 0.717) is 3.57 Å². The van der Waals surface area contributed by atoms with Crippen LogP contribution in [-0.2, 0) is 4.79 Å². The Labute approximate surface area is 112 Å². The number of nitrogens with zero attached hydrogens (tertiary/aromatic N) is 1. The summed E-state index contributed by atoms with van der Waals surface area (Å²) in [7, 11) is 0. The highest BCUT2D eigenvalue weighted by atomic mass is 127. The van der Waals surface area contributed by atoms with Crippen molar-refractivity contribution in [1.29, 1.82) is 0 Å². The number of benzene rings is 1. The first-order valence-electron chi connectivity index (χ1n) is 4.89. The van der Waals surface area contributed by atoms with E-state index in [1.54, 1.807) is 12.1 Å². The number of rotatable bonds is 5. The van der Waals surface area contributed by atoms with Crippen molar-refractivity contribution in [2.45, 2.75) is 19.4 Å². The number of nitro groups is 1. The molecule has 3 N–H and O–H groups in total. The van der Waals surface area contributed by atoms with Crippen LogP contribution in [0, 0.1) is 13.7 Å². The van der Waals surface area contributed by atoms with Crippen molar-refractivity contribution < 1.29 is 9.72 Å². The number of hydrogen-bond acceptors (Lipinski definition) is 4. The van der Waals surface area contributed by atoms with Crippen LogP contribution < -0.4 is 11.1 Å². The number of carbonyl (C=O) groups excluding carboxylic acids is 1. The van der Waals surface area contributed by atoms with Crippen LogP contribution in [0.25, 0.3) is 0 Å². The van der Waals surface area contributed by atoms with Gasteiger partial charge in [0.25, 0.3) is 5.69 Å². The van der Waals surface area contributed by atoms with Crippen LogP contribution >= 0.6 is 22.6 Å². The maximum atomic E-state index is 10.7. The SMILES string of the molecule is CC(CC(N)=O)Nc1ccc([N+](=O)[O-])c(I)c1. The Morgan fingerprint density at radius 3 is 2.76 bits per heavy atom. The summed E-state index contributed by atoms with van der Waals surface area (Å²) in [6.45, 7) is 1.82. The smallest absolute Gasteiger partial charge is 0.282 e. The molecular weight excluding hydrogens is 337 g/mol. The highest BCUT2D eigenvalue weighted by Crippen LogP contribution is 2.24. The molecule has 1 atom stereocenters. The van der Waals surface area contributed by atoms with E-state index in [0.717, 1.165) is 5.69 Å². The molecule has 0 fully saturated rings. The molecule has 0 bridgehead atoms. The molecule has 1 unspecified atom stereocenters. The fraction of sp³-hybridized carbons (Fsp3) is 0.300. The zero-order chi connectivity index (χ0) is 13.0. The number of anilines is 1. The van der Waals surface area contributed by atoms with E-state index >= 15 is 0 Å². The average Bonchev–Trinajstić information content (AvgIpc) is 2.15. The van der Waals surface area contributed by atoms with Crippen LogP contribution in [0.3, 0.4) is 0 Å². The lowest BCUT2D eigenvalue weighted by Crippen LogP contribution is -2.23. The molecule has 1 aromatic carbocycles. The van der Waals surface area contributed by atoms with Crippen molar-refractivity contribution in [3.8, 4) is 0 Å². The molecule has 1 rings (SSSR count). The fourth-order valence-corrected chi connectivity index (χ4v) is 2.09. The van der Waals surface area contributed by atoms with Crippen LogP contribution in [0.15, 0.2) is 18.2 Å². The van der Waals surface area contributed by atoms with E-state index < -0.39 is 4.92 Å². The summed E-state index contributed by atoms with van der Waals surface area (Å²) in [5.41, 5.74) is 5.87. The Hall–Kier alpha value is -1.38. The topological polar surface area (TPSA) is 98.3 Å². The van der Waals surface area contributed by atoms with Crippen LogP contribution in [0.5, 0.6) is 0 Å².